The van der Waals surface area contributed by atoms with Gasteiger partial charge in [0.15, 0.2) is 0 Å². The van der Waals surface area contributed by atoms with Crippen LogP contribution in [0.1, 0.15) is 20.3 Å². The quantitative estimate of drug-likeness (QED) is 0.535. The summed E-state index contributed by atoms with van der Waals surface area (Å²) in [7, 11) is 1.69. The summed E-state index contributed by atoms with van der Waals surface area (Å²) in [6.07, 6.45) is 4.21. The Bertz CT molecular complexity index is 706. The molecule has 1 amide bonds. The van der Waals surface area contributed by atoms with Crippen molar-refractivity contribution >= 4 is 28.9 Å². The van der Waals surface area contributed by atoms with Gasteiger partial charge in [-0.2, -0.15) is 0 Å². The lowest BCUT2D eigenvalue weighted by Crippen LogP contribution is -2.37. The van der Waals surface area contributed by atoms with Crippen LogP contribution in [0.25, 0.3) is 10.9 Å². The summed E-state index contributed by atoms with van der Waals surface area (Å²) >= 11 is 1.62. The van der Waals surface area contributed by atoms with Crippen molar-refractivity contribution < 1.29 is 14.6 Å². The lowest BCUT2D eigenvalue weighted by Gasteiger charge is -2.28. The Labute approximate surface area is 159 Å². The maximum Gasteiger partial charge on any atom is 0.330 e. The zero-order valence-corrected chi connectivity index (χ0v) is 16.8. The van der Waals surface area contributed by atoms with Gasteiger partial charge >= 0.3 is 6.03 Å². The van der Waals surface area contributed by atoms with E-state index in [1.807, 2.05) is 36.6 Å². The third-order valence-electron chi connectivity index (χ3n) is 4.43. The number of aliphatic hydroxyl groups excluding tert-OH is 1. The largest absolute Gasteiger partial charge is 0.389 e. The average molecular weight is 380 g/mol. The first-order chi connectivity index (χ1) is 12.5. The second-order valence-corrected chi connectivity index (χ2v) is 7.25. The Morgan fingerprint density at radius 2 is 2.08 bits per heavy atom. The molecule has 2 unspecified atom stereocenters. The zero-order chi connectivity index (χ0) is 19.1. The molecule has 0 radical (unpaired) electrons. The number of hydrogen-bond donors (Lipinski definition) is 1. The number of fused-ring (bicyclic) bond motifs is 1. The predicted octanol–water partition coefficient (Wildman–Crippen LogP) is 3.25. The SMILES string of the molecule is CCC(C)N(CC(O)COCN(C)C(=O)n1ccc2ccccc21)SC. The van der Waals surface area contributed by atoms with Crippen LogP contribution in [0.15, 0.2) is 36.5 Å². The van der Waals surface area contributed by atoms with E-state index in [9.17, 15) is 9.90 Å². The van der Waals surface area contributed by atoms with Gasteiger partial charge in [0.2, 0.25) is 0 Å². The molecule has 1 aromatic carbocycles. The smallest absolute Gasteiger partial charge is 0.330 e. The molecule has 1 N–H and O–H groups in total. The molecule has 0 bridgehead atoms. The molecule has 0 fully saturated rings. The molecule has 0 saturated heterocycles. The molecule has 2 atom stereocenters. The van der Waals surface area contributed by atoms with Crippen LogP contribution < -0.4 is 0 Å². The molecule has 0 aliphatic carbocycles. The van der Waals surface area contributed by atoms with Crippen molar-refractivity contribution in [2.24, 2.45) is 0 Å². The van der Waals surface area contributed by atoms with E-state index in [-0.39, 0.29) is 19.4 Å². The number of nitrogens with zero attached hydrogens (tertiary/aromatic N) is 3. The van der Waals surface area contributed by atoms with Gasteiger partial charge in [-0.05, 0) is 31.7 Å². The predicted molar refractivity (Wildman–Crippen MR) is 107 cm³/mol. The molecule has 2 rings (SSSR count). The minimum Gasteiger partial charge on any atom is -0.389 e. The summed E-state index contributed by atoms with van der Waals surface area (Å²) < 4.78 is 9.31. The number of benzene rings is 1. The Kier molecular flexibility index (Phi) is 7.96. The first-order valence-electron chi connectivity index (χ1n) is 8.86. The number of amides is 1. The number of aliphatic hydroxyl groups is 1. The molecular weight excluding hydrogens is 350 g/mol. The highest BCUT2D eigenvalue weighted by Gasteiger charge is 2.17. The van der Waals surface area contributed by atoms with Gasteiger partial charge < -0.3 is 14.7 Å². The van der Waals surface area contributed by atoms with Crippen molar-refractivity contribution in [1.29, 1.82) is 0 Å². The number of ether oxygens (including phenoxy) is 1. The van der Waals surface area contributed by atoms with E-state index in [2.05, 4.69) is 18.2 Å². The fourth-order valence-corrected chi connectivity index (χ4v) is 3.54. The molecule has 0 aliphatic heterocycles. The number of rotatable bonds is 9. The van der Waals surface area contributed by atoms with Crippen molar-refractivity contribution in [2.75, 3.05) is 33.2 Å². The number of para-hydroxylation sites is 1. The first-order valence-corrected chi connectivity index (χ1v) is 10.0. The number of aromatic nitrogens is 1. The van der Waals surface area contributed by atoms with Crippen molar-refractivity contribution in [3.63, 3.8) is 0 Å². The third kappa shape index (κ3) is 5.23. The lowest BCUT2D eigenvalue weighted by atomic mass is 10.2. The fourth-order valence-electron chi connectivity index (χ4n) is 2.71. The lowest BCUT2D eigenvalue weighted by molar-refractivity contribution is -0.00538. The summed E-state index contributed by atoms with van der Waals surface area (Å²) in [6, 6.07) is 9.89. The molecule has 26 heavy (non-hydrogen) atoms. The van der Waals surface area contributed by atoms with Crippen LogP contribution >= 0.6 is 11.9 Å². The summed E-state index contributed by atoms with van der Waals surface area (Å²) in [4.78, 5) is 14.1. The topological polar surface area (TPSA) is 57.9 Å². The number of carbonyl (C=O) groups excluding carboxylic acids is 1. The maximum absolute atomic E-state index is 12.6. The van der Waals surface area contributed by atoms with Crippen molar-refractivity contribution in [3.8, 4) is 0 Å². The molecule has 2 aromatic rings. The summed E-state index contributed by atoms with van der Waals surface area (Å²) in [5.41, 5.74) is 0.869. The summed E-state index contributed by atoms with van der Waals surface area (Å²) in [6.45, 7) is 5.12. The molecular formula is C19H29N3O3S. The molecule has 1 aromatic heterocycles. The zero-order valence-electron chi connectivity index (χ0n) is 16.0. The Morgan fingerprint density at radius 3 is 2.77 bits per heavy atom. The number of hydrogen-bond acceptors (Lipinski definition) is 5. The Morgan fingerprint density at radius 1 is 1.35 bits per heavy atom. The maximum atomic E-state index is 12.6. The van der Waals surface area contributed by atoms with Gasteiger partial charge in [-0.1, -0.05) is 37.1 Å². The second kappa shape index (κ2) is 9.97. The molecule has 0 spiro atoms. The standard InChI is InChI=1S/C19H29N3O3S/c1-5-15(2)22(26-4)12-17(23)13-25-14-20(3)19(24)21-11-10-16-8-6-7-9-18(16)21/h6-11,15,17,23H,5,12-14H2,1-4H3. The van der Waals surface area contributed by atoms with Crippen LogP contribution in [0, 0.1) is 0 Å². The van der Waals surface area contributed by atoms with E-state index >= 15 is 0 Å². The van der Waals surface area contributed by atoms with Gasteiger partial charge in [-0.15, -0.1) is 0 Å². The van der Waals surface area contributed by atoms with Crippen LogP contribution in [0.4, 0.5) is 4.79 Å². The van der Waals surface area contributed by atoms with Gasteiger partial charge in [0.25, 0.3) is 0 Å². The van der Waals surface area contributed by atoms with E-state index in [0.29, 0.717) is 12.6 Å². The fraction of sp³-hybridized carbons (Fsp3) is 0.526. The Hall–Kier alpha value is -1.54. The third-order valence-corrected chi connectivity index (χ3v) is 5.41. The van der Waals surface area contributed by atoms with E-state index < -0.39 is 6.10 Å². The van der Waals surface area contributed by atoms with Gasteiger partial charge in [-0.3, -0.25) is 4.57 Å². The molecule has 0 aliphatic rings. The van der Waals surface area contributed by atoms with E-state index in [0.717, 1.165) is 17.3 Å². The highest BCUT2D eigenvalue weighted by atomic mass is 32.2. The van der Waals surface area contributed by atoms with E-state index in [1.165, 1.54) is 4.90 Å². The highest BCUT2D eigenvalue weighted by Crippen LogP contribution is 2.16. The van der Waals surface area contributed by atoms with Gasteiger partial charge in [0.05, 0.1) is 18.2 Å². The molecule has 0 saturated carbocycles. The Balaban J connectivity index is 1.82. The average Bonchev–Trinajstić information content (AvgIpc) is 3.08. The molecule has 1 heterocycles. The van der Waals surface area contributed by atoms with Crippen molar-refractivity contribution in [1.82, 2.24) is 13.8 Å². The monoisotopic (exact) mass is 379 g/mol. The van der Waals surface area contributed by atoms with Crippen LogP contribution in [0.3, 0.4) is 0 Å². The van der Waals surface area contributed by atoms with Gasteiger partial charge in [0, 0.05) is 31.2 Å². The number of carbonyl (C=O) groups is 1. The van der Waals surface area contributed by atoms with Crippen LogP contribution in [-0.2, 0) is 4.74 Å². The highest BCUT2D eigenvalue weighted by molar-refractivity contribution is 7.96. The van der Waals surface area contributed by atoms with Crippen LogP contribution in [0.5, 0.6) is 0 Å². The van der Waals surface area contributed by atoms with Crippen molar-refractivity contribution in [2.45, 2.75) is 32.4 Å². The van der Waals surface area contributed by atoms with E-state index in [1.54, 1.807) is 29.8 Å². The first kappa shape index (κ1) is 20.8. The molecule has 7 heteroatoms. The van der Waals surface area contributed by atoms with Crippen molar-refractivity contribution in [3.05, 3.63) is 36.5 Å². The van der Waals surface area contributed by atoms with Crippen LogP contribution in [0.2, 0.25) is 0 Å². The molecule has 144 valence electrons. The summed E-state index contributed by atoms with van der Waals surface area (Å²) in [5.74, 6) is 0. The minimum atomic E-state index is -0.590. The van der Waals surface area contributed by atoms with Gasteiger partial charge in [-0.25, -0.2) is 9.10 Å². The minimum absolute atomic E-state index is 0.130. The second-order valence-electron chi connectivity index (χ2n) is 6.42. The molecule has 6 nitrogen and oxygen atoms in total. The van der Waals surface area contributed by atoms with Crippen LogP contribution in [-0.4, -0.2) is 70.2 Å². The van der Waals surface area contributed by atoms with Gasteiger partial charge in [0.1, 0.15) is 6.73 Å². The summed E-state index contributed by atoms with van der Waals surface area (Å²) in [5, 5.41) is 11.2. The normalized spacial score (nSPS) is 13.9. The van der Waals surface area contributed by atoms with E-state index in [4.69, 9.17) is 4.74 Å².